The highest BCUT2D eigenvalue weighted by Gasteiger charge is 2.42. The fourth-order valence-corrected chi connectivity index (χ4v) is 1.20. The molecule has 0 N–H and O–H groups in total. The summed E-state index contributed by atoms with van der Waals surface area (Å²) in [6.07, 6.45) is -1.90. The van der Waals surface area contributed by atoms with Gasteiger partial charge in [-0.25, -0.2) is 8.78 Å². The smallest absolute Gasteiger partial charge is 0.340 e. The summed E-state index contributed by atoms with van der Waals surface area (Å²) in [5.74, 6) is -5.94. The monoisotopic (exact) mass is 293 g/mol. The second-order valence-corrected chi connectivity index (χ2v) is 3.89. The molecule has 0 unspecified atom stereocenters. The highest BCUT2D eigenvalue weighted by Crippen LogP contribution is 2.23. The van der Waals surface area contributed by atoms with Gasteiger partial charge in [-0.15, -0.1) is 0 Å². The highest BCUT2D eigenvalue weighted by molar-refractivity contribution is 5.97. The predicted octanol–water partition coefficient (Wildman–Crippen LogP) is 2.49. The van der Waals surface area contributed by atoms with Crippen LogP contribution in [0.3, 0.4) is 0 Å². The summed E-state index contributed by atoms with van der Waals surface area (Å²) in [4.78, 5) is 26.3. The third-order valence-electron chi connectivity index (χ3n) is 2.28. The van der Waals surface area contributed by atoms with Crippen molar-refractivity contribution in [2.45, 2.75) is 25.2 Å². The third-order valence-corrected chi connectivity index (χ3v) is 2.28. The number of pyridine rings is 1. The molecule has 0 aromatic carbocycles. The van der Waals surface area contributed by atoms with E-state index < -0.39 is 37.1 Å². The van der Waals surface area contributed by atoms with Crippen LogP contribution in [0.25, 0.3) is 0 Å². The lowest BCUT2D eigenvalue weighted by molar-refractivity contribution is -0.179. The lowest BCUT2D eigenvalue weighted by Crippen LogP contribution is -2.33. The van der Waals surface area contributed by atoms with Crippen LogP contribution in [0.15, 0.2) is 24.5 Å². The summed E-state index contributed by atoms with van der Waals surface area (Å²) in [5.41, 5.74) is 0.262. The number of esters is 1. The van der Waals surface area contributed by atoms with Gasteiger partial charge in [0.05, 0.1) is 6.42 Å². The van der Waals surface area contributed by atoms with Crippen molar-refractivity contribution in [3.05, 3.63) is 30.1 Å². The molecule has 0 saturated heterocycles. The number of halogens is 4. The molecule has 1 aromatic rings. The van der Waals surface area contributed by atoms with Gasteiger partial charge in [-0.2, -0.15) is 8.78 Å². The molecule has 0 radical (unpaired) electrons. The summed E-state index contributed by atoms with van der Waals surface area (Å²) in [6.45, 7) is -1.70. The van der Waals surface area contributed by atoms with E-state index in [1.165, 1.54) is 24.5 Å². The molecule has 0 amide bonds. The zero-order valence-corrected chi connectivity index (χ0v) is 10.2. The zero-order valence-electron chi connectivity index (χ0n) is 10.2. The van der Waals surface area contributed by atoms with E-state index in [0.29, 0.717) is 0 Å². The number of alkyl halides is 4. The van der Waals surface area contributed by atoms with Crippen LogP contribution in [0.5, 0.6) is 0 Å². The number of hydrogen-bond acceptors (Lipinski definition) is 4. The topological polar surface area (TPSA) is 56.3 Å². The predicted molar refractivity (Wildman–Crippen MR) is 59.7 cm³/mol. The molecular formula is C12H11F4NO3. The van der Waals surface area contributed by atoms with E-state index in [1.54, 1.807) is 0 Å². The van der Waals surface area contributed by atoms with Crippen LogP contribution >= 0.6 is 0 Å². The number of ether oxygens (including phenoxy) is 1. The Kier molecular flexibility index (Phi) is 5.60. The first-order valence-corrected chi connectivity index (χ1v) is 5.58. The van der Waals surface area contributed by atoms with Crippen LogP contribution in [0.2, 0.25) is 0 Å². The molecule has 1 aromatic heterocycles. The number of rotatable bonds is 7. The van der Waals surface area contributed by atoms with Crippen LogP contribution in [0, 0.1) is 0 Å². The second-order valence-electron chi connectivity index (χ2n) is 3.89. The maximum atomic E-state index is 12.5. The normalized spacial score (nSPS) is 11.4. The summed E-state index contributed by atoms with van der Waals surface area (Å²) < 4.78 is 52.5. The molecule has 0 saturated carbocycles. The van der Waals surface area contributed by atoms with Crippen molar-refractivity contribution in [3.63, 3.8) is 0 Å². The van der Waals surface area contributed by atoms with Gasteiger partial charge < -0.3 is 4.74 Å². The SMILES string of the molecule is O=C(CCC(=O)c1cccnc1)OCC(F)(F)C(F)F. The summed E-state index contributed by atoms with van der Waals surface area (Å²) in [7, 11) is 0. The molecule has 4 nitrogen and oxygen atoms in total. The van der Waals surface area contributed by atoms with E-state index in [1.807, 2.05) is 0 Å². The van der Waals surface area contributed by atoms with Crippen LogP contribution in [-0.2, 0) is 9.53 Å². The average Bonchev–Trinajstić information content (AvgIpc) is 2.43. The number of nitrogens with zero attached hydrogens (tertiary/aromatic N) is 1. The van der Waals surface area contributed by atoms with Crippen molar-refractivity contribution in [3.8, 4) is 0 Å². The van der Waals surface area contributed by atoms with Crippen LogP contribution in [-0.4, -0.2) is 35.7 Å². The summed E-state index contributed by atoms with van der Waals surface area (Å²) >= 11 is 0. The van der Waals surface area contributed by atoms with Crippen LogP contribution < -0.4 is 0 Å². The zero-order chi connectivity index (χ0) is 15.2. The molecular weight excluding hydrogens is 282 g/mol. The number of carbonyl (C=O) groups excluding carboxylic acids is 2. The summed E-state index contributed by atoms with van der Waals surface area (Å²) in [6, 6.07) is 3.00. The lowest BCUT2D eigenvalue weighted by Gasteiger charge is -2.14. The van der Waals surface area contributed by atoms with Gasteiger partial charge in [-0.3, -0.25) is 14.6 Å². The molecule has 0 fully saturated rings. The molecule has 110 valence electrons. The third kappa shape index (κ3) is 4.94. The Labute approximate surface area is 111 Å². The first-order chi connectivity index (χ1) is 9.33. The minimum Gasteiger partial charge on any atom is -0.459 e. The van der Waals surface area contributed by atoms with Gasteiger partial charge in [-0.05, 0) is 12.1 Å². The first-order valence-electron chi connectivity index (χ1n) is 5.58. The Morgan fingerprint density at radius 1 is 1.30 bits per heavy atom. The molecule has 0 aliphatic rings. The molecule has 8 heteroatoms. The molecule has 0 aliphatic heterocycles. The maximum Gasteiger partial charge on any atom is 0.340 e. The fraction of sp³-hybridized carbons (Fsp3) is 0.417. The van der Waals surface area contributed by atoms with Crippen molar-refractivity contribution in [1.29, 1.82) is 0 Å². The van der Waals surface area contributed by atoms with Crippen molar-refractivity contribution < 1.29 is 31.9 Å². The first kappa shape index (κ1) is 16.1. The lowest BCUT2D eigenvalue weighted by atomic mass is 10.1. The molecule has 0 spiro atoms. The van der Waals surface area contributed by atoms with Gasteiger partial charge in [0, 0.05) is 24.4 Å². The Morgan fingerprint density at radius 3 is 2.55 bits per heavy atom. The standard InChI is InChI=1S/C12H11F4NO3/c13-11(14)12(15,16)7-20-10(19)4-3-9(18)8-2-1-5-17-6-8/h1-2,5-6,11H,3-4,7H2. The van der Waals surface area contributed by atoms with Gasteiger partial charge in [0.2, 0.25) is 0 Å². The van der Waals surface area contributed by atoms with Crippen LogP contribution in [0.4, 0.5) is 17.6 Å². The van der Waals surface area contributed by atoms with Crippen molar-refractivity contribution >= 4 is 11.8 Å². The Bertz CT molecular complexity index is 465. The van der Waals surface area contributed by atoms with E-state index >= 15 is 0 Å². The summed E-state index contributed by atoms with van der Waals surface area (Å²) in [5, 5.41) is 0. The molecule has 20 heavy (non-hydrogen) atoms. The minimum absolute atomic E-state index is 0.262. The van der Waals surface area contributed by atoms with E-state index in [2.05, 4.69) is 9.72 Å². The molecule has 0 aliphatic carbocycles. The van der Waals surface area contributed by atoms with Crippen molar-refractivity contribution in [1.82, 2.24) is 4.98 Å². The van der Waals surface area contributed by atoms with Gasteiger partial charge in [0.1, 0.15) is 0 Å². The number of aromatic nitrogens is 1. The van der Waals surface area contributed by atoms with Crippen LogP contribution in [0.1, 0.15) is 23.2 Å². The van der Waals surface area contributed by atoms with Gasteiger partial charge in [-0.1, -0.05) is 0 Å². The van der Waals surface area contributed by atoms with Crippen molar-refractivity contribution in [2.75, 3.05) is 6.61 Å². The van der Waals surface area contributed by atoms with E-state index in [4.69, 9.17) is 0 Å². The largest absolute Gasteiger partial charge is 0.459 e. The molecule has 1 heterocycles. The molecule has 0 atom stereocenters. The second kappa shape index (κ2) is 6.97. The quantitative estimate of drug-likeness (QED) is 0.440. The average molecular weight is 293 g/mol. The van der Waals surface area contributed by atoms with E-state index in [-0.39, 0.29) is 12.0 Å². The minimum atomic E-state index is -4.39. The number of hydrogen-bond donors (Lipinski definition) is 0. The molecule has 0 bridgehead atoms. The van der Waals surface area contributed by atoms with Gasteiger partial charge in [0.15, 0.2) is 12.4 Å². The number of carbonyl (C=O) groups is 2. The number of ketones is 1. The Hall–Kier alpha value is -1.99. The van der Waals surface area contributed by atoms with Gasteiger partial charge >= 0.3 is 18.3 Å². The van der Waals surface area contributed by atoms with Crippen molar-refractivity contribution in [2.24, 2.45) is 0 Å². The highest BCUT2D eigenvalue weighted by atomic mass is 19.3. The molecule has 1 rings (SSSR count). The fourth-order valence-electron chi connectivity index (χ4n) is 1.20. The Balaban J connectivity index is 2.36. The van der Waals surface area contributed by atoms with E-state index in [0.717, 1.165) is 0 Å². The van der Waals surface area contributed by atoms with E-state index in [9.17, 15) is 27.2 Å². The Morgan fingerprint density at radius 2 is 2.00 bits per heavy atom. The van der Waals surface area contributed by atoms with Gasteiger partial charge in [0.25, 0.3) is 0 Å². The number of Topliss-reactive ketones (excluding diaryl/α,β-unsaturated/α-hetero) is 1. The maximum absolute atomic E-state index is 12.5.